The number of benzene rings is 1. The Morgan fingerprint density at radius 1 is 1.20 bits per heavy atom. The minimum atomic E-state index is -0.490. The van der Waals surface area contributed by atoms with E-state index >= 15 is 0 Å². The van der Waals surface area contributed by atoms with Crippen molar-refractivity contribution in [2.75, 3.05) is 26.9 Å². The van der Waals surface area contributed by atoms with Crippen molar-refractivity contribution >= 4 is 12.4 Å². The van der Waals surface area contributed by atoms with Crippen molar-refractivity contribution in [1.82, 2.24) is 5.32 Å². The van der Waals surface area contributed by atoms with Crippen LogP contribution in [0.3, 0.4) is 0 Å². The fourth-order valence-corrected chi connectivity index (χ4v) is 1.60. The molecule has 0 saturated carbocycles. The Balaban J connectivity index is 0.00000361. The van der Waals surface area contributed by atoms with Gasteiger partial charge in [-0.1, -0.05) is 26.0 Å². The Morgan fingerprint density at radius 2 is 1.85 bits per heavy atom. The van der Waals surface area contributed by atoms with E-state index in [2.05, 4.69) is 5.32 Å². The molecule has 0 aliphatic heterocycles. The summed E-state index contributed by atoms with van der Waals surface area (Å²) in [6, 6.07) is 8.26. The largest absolute Gasteiger partial charge is 0.491 e. The zero-order valence-corrected chi connectivity index (χ0v) is 13.3. The highest BCUT2D eigenvalue weighted by atomic mass is 35.5. The second kappa shape index (κ2) is 10.9. The van der Waals surface area contributed by atoms with Gasteiger partial charge in [-0.2, -0.15) is 0 Å². The van der Waals surface area contributed by atoms with Gasteiger partial charge in [0.2, 0.25) is 0 Å². The number of hydrogen-bond acceptors (Lipinski definition) is 4. The van der Waals surface area contributed by atoms with Crippen LogP contribution in [0.5, 0.6) is 5.75 Å². The van der Waals surface area contributed by atoms with E-state index in [1.807, 2.05) is 38.1 Å². The van der Waals surface area contributed by atoms with Crippen LogP contribution in [-0.2, 0) is 11.2 Å². The van der Waals surface area contributed by atoms with Crippen LogP contribution in [0.4, 0.5) is 0 Å². The number of halogens is 1. The number of methoxy groups -OCH3 is 1. The summed E-state index contributed by atoms with van der Waals surface area (Å²) in [7, 11) is 1.70. The second-order valence-corrected chi connectivity index (χ2v) is 4.91. The minimum Gasteiger partial charge on any atom is -0.491 e. The third-order valence-electron chi connectivity index (χ3n) is 2.72. The molecular weight excluding hydrogens is 278 g/mol. The Hall–Kier alpha value is -0.810. The number of ether oxygens (including phenoxy) is 2. The molecule has 0 fully saturated rings. The summed E-state index contributed by atoms with van der Waals surface area (Å²) >= 11 is 0. The van der Waals surface area contributed by atoms with Crippen molar-refractivity contribution in [3.63, 3.8) is 0 Å². The van der Waals surface area contributed by atoms with Crippen LogP contribution in [0.1, 0.15) is 19.4 Å². The van der Waals surface area contributed by atoms with E-state index in [-0.39, 0.29) is 12.4 Å². The number of hydrogen-bond donors (Lipinski definition) is 2. The minimum absolute atomic E-state index is 0. The highest BCUT2D eigenvalue weighted by Gasteiger charge is 2.05. The third-order valence-corrected chi connectivity index (χ3v) is 2.72. The van der Waals surface area contributed by atoms with Crippen LogP contribution in [0.15, 0.2) is 24.3 Å². The van der Waals surface area contributed by atoms with E-state index in [1.54, 1.807) is 7.11 Å². The van der Waals surface area contributed by atoms with Crippen LogP contribution in [0.25, 0.3) is 0 Å². The van der Waals surface area contributed by atoms with Gasteiger partial charge in [0, 0.05) is 19.7 Å². The van der Waals surface area contributed by atoms with Crippen molar-refractivity contribution in [2.45, 2.75) is 32.4 Å². The fourth-order valence-electron chi connectivity index (χ4n) is 1.60. The molecule has 0 aromatic heterocycles. The van der Waals surface area contributed by atoms with E-state index in [4.69, 9.17) is 9.47 Å². The molecule has 2 N–H and O–H groups in total. The molecule has 0 spiro atoms. The standard InChI is InChI=1S/C15H25NO3.ClH/c1-12(2)16-10-14(17)11-19-15-6-4-13(5-7-15)8-9-18-3;/h4-7,12,14,16-17H,8-11H2,1-3H3;1H/t14-;/m1./s1. The fraction of sp³-hybridized carbons (Fsp3) is 0.600. The summed E-state index contributed by atoms with van der Waals surface area (Å²) in [6.45, 7) is 5.67. The van der Waals surface area contributed by atoms with Gasteiger partial charge >= 0.3 is 0 Å². The molecule has 0 aliphatic carbocycles. The van der Waals surface area contributed by atoms with Crippen LogP contribution < -0.4 is 10.1 Å². The van der Waals surface area contributed by atoms with Gasteiger partial charge < -0.3 is 19.9 Å². The average Bonchev–Trinajstić information content (AvgIpc) is 2.41. The maximum atomic E-state index is 9.73. The van der Waals surface area contributed by atoms with Crippen molar-refractivity contribution in [3.8, 4) is 5.75 Å². The lowest BCUT2D eigenvalue weighted by molar-refractivity contribution is 0.104. The Kier molecular flexibility index (Phi) is 10.5. The predicted molar refractivity (Wildman–Crippen MR) is 83.9 cm³/mol. The van der Waals surface area contributed by atoms with Gasteiger partial charge in [0.15, 0.2) is 0 Å². The summed E-state index contributed by atoms with van der Waals surface area (Å²) in [5.41, 5.74) is 1.22. The molecule has 20 heavy (non-hydrogen) atoms. The summed E-state index contributed by atoms with van der Waals surface area (Å²) in [5, 5.41) is 12.9. The van der Waals surface area contributed by atoms with E-state index < -0.39 is 6.10 Å². The van der Waals surface area contributed by atoms with Crippen LogP contribution in [0.2, 0.25) is 0 Å². The number of aliphatic hydroxyl groups is 1. The van der Waals surface area contributed by atoms with E-state index in [0.717, 1.165) is 18.8 Å². The van der Waals surface area contributed by atoms with E-state index in [1.165, 1.54) is 5.56 Å². The molecule has 0 unspecified atom stereocenters. The molecule has 0 amide bonds. The molecule has 1 rings (SSSR count). The van der Waals surface area contributed by atoms with Gasteiger partial charge in [-0.05, 0) is 24.1 Å². The van der Waals surface area contributed by atoms with Crippen molar-refractivity contribution in [1.29, 1.82) is 0 Å². The van der Waals surface area contributed by atoms with Gasteiger partial charge in [-0.3, -0.25) is 0 Å². The molecule has 0 radical (unpaired) electrons. The monoisotopic (exact) mass is 303 g/mol. The SMILES string of the molecule is COCCc1ccc(OC[C@H](O)CNC(C)C)cc1.Cl. The lowest BCUT2D eigenvalue weighted by Crippen LogP contribution is -2.35. The van der Waals surface area contributed by atoms with Gasteiger partial charge in [0.1, 0.15) is 18.5 Å². The quantitative estimate of drug-likeness (QED) is 0.733. The molecule has 0 heterocycles. The zero-order chi connectivity index (χ0) is 14.1. The topological polar surface area (TPSA) is 50.7 Å². The first-order chi connectivity index (χ1) is 9.11. The van der Waals surface area contributed by atoms with Crippen LogP contribution in [0, 0.1) is 0 Å². The molecular formula is C15H26ClNO3. The molecule has 4 nitrogen and oxygen atoms in total. The molecule has 1 aromatic carbocycles. The Morgan fingerprint density at radius 3 is 2.40 bits per heavy atom. The second-order valence-electron chi connectivity index (χ2n) is 4.91. The molecule has 0 bridgehead atoms. The molecule has 0 aliphatic rings. The lowest BCUT2D eigenvalue weighted by Gasteiger charge is -2.15. The molecule has 1 aromatic rings. The summed E-state index contributed by atoms with van der Waals surface area (Å²) in [5.74, 6) is 0.782. The first-order valence-electron chi connectivity index (χ1n) is 6.74. The van der Waals surface area contributed by atoms with Crippen LogP contribution in [-0.4, -0.2) is 44.1 Å². The number of rotatable bonds is 9. The zero-order valence-electron chi connectivity index (χ0n) is 12.5. The first kappa shape index (κ1) is 19.2. The summed E-state index contributed by atoms with van der Waals surface area (Å²) in [6.07, 6.45) is 0.410. The third kappa shape index (κ3) is 8.38. The van der Waals surface area contributed by atoms with Gasteiger partial charge in [0.05, 0.1) is 6.61 Å². The molecule has 0 saturated heterocycles. The van der Waals surface area contributed by atoms with E-state index in [9.17, 15) is 5.11 Å². The van der Waals surface area contributed by atoms with Crippen molar-refractivity contribution in [2.24, 2.45) is 0 Å². The van der Waals surface area contributed by atoms with Crippen molar-refractivity contribution in [3.05, 3.63) is 29.8 Å². The maximum Gasteiger partial charge on any atom is 0.119 e. The Labute approximate surface area is 127 Å². The number of nitrogens with one attached hydrogen (secondary N) is 1. The first-order valence-corrected chi connectivity index (χ1v) is 6.74. The normalized spacial score (nSPS) is 12.1. The maximum absolute atomic E-state index is 9.73. The molecule has 5 heteroatoms. The van der Waals surface area contributed by atoms with Gasteiger partial charge in [-0.25, -0.2) is 0 Å². The van der Waals surface area contributed by atoms with E-state index in [0.29, 0.717) is 19.2 Å². The van der Waals surface area contributed by atoms with Gasteiger partial charge in [0.25, 0.3) is 0 Å². The predicted octanol–water partition coefficient (Wildman–Crippen LogP) is 2.03. The smallest absolute Gasteiger partial charge is 0.119 e. The molecule has 116 valence electrons. The summed E-state index contributed by atoms with van der Waals surface area (Å²) < 4.78 is 10.6. The van der Waals surface area contributed by atoms with Crippen molar-refractivity contribution < 1.29 is 14.6 Å². The van der Waals surface area contributed by atoms with Crippen LogP contribution >= 0.6 is 12.4 Å². The molecule has 1 atom stereocenters. The highest BCUT2D eigenvalue weighted by Crippen LogP contribution is 2.12. The highest BCUT2D eigenvalue weighted by molar-refractivity contribution is 5.85. The van der Waals surface area contributed by atoms with Gasteiger partial charge in [-0.15, -0.1) is 12.4 Å². The summed E-state index contributed by atoms with van der Waals surface area (Å²) in [4.78, 5) is 0. The average molecular weight is 304 g/mol. The lowest BCUT2D eigenvalue weighted by atomic mass is 10.1. The Bertz CT molecular complexity index is 343. The number of aliphatic hydroxyl groups excluding tert-OH is 1.